The van der Waals surface area contributed by atoms with Gasteiger partial charge in [0.1, 0.15) is 24.4 Å². The van der Waals surface area contributed by atoms with Crippen molar-refractivity contribution in [2.24, 2.45) is 0 Å². The van der Waals surface area contributed by atoms with E-state index >= 15 is 0 Å². The van der Waals surface area contributed by atoms with E-state index < -0.39 is 45.1 Å². The number of phosphoric ester groups is 1. The normalized spacial score (nSPS) is 35.2. The lowest BCUT2D eigenvalue weighted by molar-refractivity contribution is -0.288. The highest BCUT2D eigenvalue weighted by Gasteiger charge is 2.47. The quantitative estimate of drug-likeness (QED) is 0.286. The minimum atomic E-state index is -4.89. The molecule has 1 aliphatic heterocycles. The first-order chi connectivity index (χ1) is 9.30. The van der Waals surface area contributed by atoms with E-state index in [1.165, 1.54) is 0 Å². The van der Waals surface area contributed by atoms with Crippen LogP contribution in [0, 0.1) is 0 Å². The van der Waals surface area contributed by atoms with Crippen molar-refractivity contribution >= 4 is 7.82 Å². The Hall–Kier alpha value is -0.0900. The van der Waals surface area contributed by atoms with Gasteiger partial charge in [0.05, 0.1) is 6.61 Å². The Morgan fingerprint density at radius 3 is 2.40 bits per heavy atom. The van der Waals surface area contributed by atoms with Crippen molar-refractivity contribution in [1.29, 1.82) is 0 Å². The molecule has 0 spiro atoms. The Morgan fingerprint density at radius 1 is 1.25 bits per heavy atom. The summed E-state index contributed by atoms with van der Waals surface area (Å²) in [6.45, 7) is 1.56. The highest BCUT2D eigenvalue weighted by Crippen LogP contribution is 2.40. The predicted molar refractivity (Wildman–Crippen MR) is 65.5 cm³/mol. The van der Waals surface area contributed by atoms with Gasteiger partial charge in [0.15, 0.2) is 6.29 Å². The van der Waals surface area contributed by atoms with Crippen LogP contribution in [-0.4, -0.2) is 69.0 Å². The Labute approximate surface area is 116 Å². The SMILES string of the molecule is CCCCO[C@@H]1[C@@H](O)[C@@H](OP(=O)(O)O)O[C@H](CO)[C@H]1O. The number of rotatable bonds is 7. The second kappa shape index (κ2) is 7.79. The second-order valence-corrected chi connectivity index (χ2v) is 5.68. The number of unbranched alkanes of at least 4 members (excludes halogenated alkanes) is 1. The number of hydrogen-bond donors (Lipinski definition) is 5. The topological polar surface area (TPSA) is 146 Å². The van der Waals surface area contributed by atoms with E-state index in [0.717, 1.165) is 6.42 Å². The summed E-state index contributed by atoms with van der Waals surface area (Å²) in [4.78, 5) is 17.5. The van der Waals surface area contributed by atoms with Gasteiger partial charge >= 0.3 is 7.82 Å². The molecule has 0 radical (unpaired) electrons. The monoisotopic (exact) mass is 316 g/mol. The number of aliphatic hydroxyl groups excluding tert-OH is 3. The molecule has 1 fully saturated rings. The van der Waals surface area contributed by atoms with Crippen LogP contribution in [0.5, 0.6) is 0 Å². The third-order valence-electron chi connectivity index (χ3n) is 2.87. The maximum absolute atomic E-state index is 10.8. The summed E-state index contributed by atoms with van der Waals surface area (Å²) in [7, 11) is -4.89. The lowest BCUT2D eigenvalue weighted by Gasteiger charge is -2.41. The molecule has 0 saturated carbocycles. The lowest BCUT2D eigenvalue weighted by atomic mass is 9.99. The first-order valence-corrected chi connectivity index (χ1v) is 7.81. The molecule has 0 unspecified atom stereocenters. The molecule has 10 heteroatoms. The van der Waals surface area contributed by atoms with Crippen molar-refractivity contribution < 1.29 is 43.7 Å². The molecule has 120 valence electrons. The third kappa shape index (κ3) is 5.03. The minimum Gasteiger partial charge on any atom is -0.394 e. The van der Waals surface area contributed by atoms with Crippen LogP contribution in [0.25, 0.3) is 0 Å². The summed E-state index contributed by atoms with van der Waals surface area (Å²) >= 11 is 0. The van der Waals surface area contributed by atoms with Crippen LogP contribution < -0.4 is 0 Å². The molecule has 0 aromatic rings. The summed E-state index contributed by atoms with van der Waals surface area (Å²) in [5.74, 6) is 0. The summed E-state index contributed by atoms with van der Waals surface area (Å²) < 4.78 is 25.3. The molecule has 5 atom stereocenters. The van der Waals surface area contributed by atoms with Crippen molar-refractivity contribution in [3.05, 3.63) is 0 Å². The second-order valence-electron chi connectivity index (χ2n) is 4.49. The van der Waals surface area contributed by atoms with Gasteiger partial charge < -0.3 is 34.6 Å². The molecule has 20 heavy (non-hydrogen) atoms. The van der Waals surface area contributed by atoms with Gasteiger partial charge in [0.2, 0.25) is 0 Å². The lowest BCUT2D eigenvalue weighted by Crippen LogP contribution is -2.59. The van der Waals surface area contributed by atoms with Crippen molar-refractivity contribution in [2.75, 3.05) is 13.2 Å². The molecule has 9 nitrogen and oxygen atoms in total. The average Bonchev–Trinajstić information content (AvgIpc) is 2.35. The fourth-order valence-electron chi connectivity index (χ4n) is 1.84. The molecule has 0 aromatic heterocycles. The Kier molecular flexibility index (Phi) is 6.99. The van der Waals surface area contributed by atoms with Crippen molar-refractivity contribution in [3.8, 4) is 0 Å². The van der Waals surface area contributed by atoms with E-state index in [1.54, 1.807) is 0 Å². The van der Waals surface area contributed by atoms with Crippen LogP contribution in [0.1, 0.15) is 19.8 Å². The first-order valence-electron chi connectivity index (χ1n) is 6.28. The first kappa shape index (κ1) is 18.0. The predicted octanol–water partition coefficient (Wildman–Crippen LogP) is -1.28. The summed E-state index contributed by atoms with van der Waals surface area (Å²) in [5, 5.41) is 28.9. The summed E-state index contributed by atoms with van der Waals surface area (Å²) in [5.41, 5.74) is 0. The van der Waals surface area contributed by atoms with Gasteiger partial charge in [-0.15, -0.1) is 0 Å². The molecule has 0 aliphatic carbocycles. The van der Waals surface area contributed by atoms with Gasteiger partial charge in [-0.25, -0.2) is 4.57 Å². The molecule has 1 aliphatic rings. The zero-order valence-corrected chi connectivity index (χ0v) is 11.9. The summed E-state index contributed by atoms with van der Waals surface area (Å²) in [6.07, 6.45) is -5.42. The molecule has 0 aromatic carbocycles. The van der Waals surface area contributed by atoms with Crippen LogP contribution >= 0.6 is 7.82 Å². The highest BCUT2D eigenvalue weighted by atomic mass is 31.2. The maximum atomic E-state index is 10.8. The van der Waals surface area contributed by atoms with E-state index in [2.05, 4.69) is 4.52 Å². The van der Waals surface area contributed by atoms with Crippen molar-refractivity contribution in [1.82, 2.24) is 0 Å². The number of hydrogen-bond acceptors (Lipinski definition) is 7. The molecule has 0 amide bonds. The third-order valence-corrected chi connectivity index (χ3v) is 3.35. The van der Waals surface area contributed by atoms with E-state index in [-0.39, 0.29) is 6.61 Å². The zero-order chi connectivity index (χ0) is 15.3. The van der Waals surface area contributed by atoms with Crippen molar-refractivity contribution in [2.45, 2.75) is 50.5 Å². The van der Waals surface area contributed by atoms with Gasteiger partial charge in [-0.05, 0) is 6.42 Å². The maximum Gasteiger partial charge on any atom is 0.472 e. The molecule has 1 heterocycles. The average molecular weight is 316 g/mol. The fraction of sp³-hybridized carbons (Fsp3) is 1.00. The van der Waals surface area contributed by atoms with Crippen LogP contribution in [0.4, 0.5) is 0 Å². The Bertz CT molecular complexity index is 333. The van der Waals surface area contributed by atoms with Crippen LogP contribution in [0.15, 0.2) is 0 Å². The largest absolute Gasteiger partial charge is 0.472 e. The van der Waals surface area contributed by atoms with Gasteiger partial charge in [0.25, 0.3) is 0 Å². The van der Waals surface area contributed by atoms with Crippen LogP contribution in [-0.2, 0) is 18.6 Å². The van der Waals surface area contributed by atoms with E-state index in [9.17, 15) is 14.8 Å². The van der Waals surface area contributed by atoms with Gasteiger partial charge in [-0.1, -0.05) is 13.3 Å². The number of phosphoric acid groups is 1. The number of ether oxygens (including phenoxy) is 2. The Morgan fingerprint density at radius 2 is 1.90 bits per heavy atom. The molecule has 0 bridgehead atoms. The van der Waals surface area contributed by atoms with Crippen LogP contribution in [0.3, 0.4) is 0 Å². The number of aliphatic hydroxyl groups is 3. The molecule has 1 rings (SSSR count). The standard InChI is InChI=1S/C10H21O9P/c1-2-3-4-17-9-7(12)6(5-11)18-10(8(9)13)19-20(14,15)16/h6-13H,2-5H2,1H3,(H2,14,15,16)/t6-,7-,8-,9+,10-/m1/s1. The molecule has 1 saturated heterocycles. The van der Waals surface area contributed by atoms with Gasteiger partial charge in [-0.2, -0.15) is 0 Å². The summed E-state index contributed by atoms with van der Waals surface area (Å²) in [6, 6.07) is 0. The minimum absolute atomic E-state index is 0.246. The van der Waals surface area contributed by atoms with E-state index in [0.29, 0.717) is 6.42 Å². The fourth-order valence-corrected chi connectivity index (χ4v) is 2.28. The van der Waals surface area contributed by atoms with Gasteiger partial charge in [-0.3, -0.25) is 4.52 Å². The molecular weight excluding hydrogens is 295 g/mol. The highest BCUT2D eigenvalue weighted by molar-refractivity contribution is 7.46. The van der Waals surface area contributed by atoms with Crippen molar-refractivity contribution in [3.63, 3.8) is 0 Å². The van der Waals surface area contributed by atoms with Crippen LogP contribution in [0.2, 0.25) is 0 Å². The van der Waals surface area contributed by atoms with E-state index in [4.69, 9.17) is 24.4 Å². The molecule has 5 N–H and O–H groups in total. The van der Waals surface area contributed by atoms with E-state index in [1.807, 2.05) is 6.92 Å². The smallest absolute Gasteiger partial charge is 0.394 e. The zero-order valence-electron chi connectivity index (χ0n) is 11.0. The molecular formula is C10H21O9P. The van der Waals surface area contributed by atoms with Gasteiger partial charge in [0, 0.05) is 6.61 Å². The Balaban J connectivity index is 2.76.